The Morgan fingerprint density at radius 1 is 1.00 bits per heavy atom. The van der Waals surface area contributed by atoms with E-state index in [-0.39, 0.29) is 5.79 Å². The summed E-state index contributed by atoms with van der Waals surface area (Å²) in [5.74, 6) is 1.36. The van der Waals surface area contributed by atoms with Crippen molar-refractivity contribution in [3.05, 3.63) is 18.2 Å². The second-order valence-corrected chi connectivity index (χ2v) is 5.59. The maximum Gasteiger partial charge on any atom is 0.231 e. The average Bonchev–Trinajstić information content (AvgIpc) is 3.11. The summed E-state index contributed by atoms with van der Waals surface area (Å²) >= 11 is 0. The molecule has 0 aromatic heterocycles. The molecule has 3 aliphatic rings. The summed E-state index contributed by atoms with van der Waals surface area (Å²) in [6.45, 7) is 1.79. The molecule has 1 saturated heterocycles. The van der Waals surface area contributed by atoms with Crippen LogP contribution in [0.15, 0.2) is 18.2 Å². The molecule has 2 aliphatic heterocycles. The highest BCUT2D eigenvalue weighted by molar-refractivity contribution is 5.56. The van der Waals surface area contributed by atoms with Crippen LogP contribution in [0.25, 0.3) is 0 Å². The number of rotatable bonds is 2. The average molecular weight is 277 g/mol. The van der Waals surface area contributed by atoms with Crippen molar-refractivity contribution in [3.63, 3.8) is 0 Å². The second-order valence-electron chi connectivity index (χ2n) is 5.59. The van der Waals surface area contributed by atoms with E-state index in [1.54, 1.807) is 0 Å². The lowest BCUT2D eigenvalue weighted by atomic mass is 9.90. The van der Waals surface area contributed by atoms with Crippen molar-refractivity contribution in [2.45, 2.75) is 37.5 Å². The van der Waals surface area contributed by atoms with Gasteiger partial charge < -0.3 is 24.3 Å². The summed E-state index contributed by atoms with van der Waals surface area (Å²) in [5, 5.41) is 3.57. The highest BCUT2D eigenvalue weighted by atomic mass is 16.7. The third kappa shape index (κ3) is 2.21. The highest BCUT2D eigenvalue weighted by Gasteiger charge is 2.40. The number of ether oxygens (including phenoxy) is 4. The lowest BCUT2D eigenvalue weighted by molar-refractivity contribution is -0.177. The topological polar surface area (TPSA) is 49.0 Å². The maximum atomic E-state index is 5.75. The second kappa shape index (κ2) is 4.82. The van der Waals surface area contributed by atoms with E-state index < -0.39 is 0 Å². The van der Waals surface area contributed by atoms with Gasteiger partial charge in [-0.15, -0.1) is 0 Å². The summed E-state index contributed by atoms with van der Waals surface area (Å²) < 4.78 is 22.2. The van der Waals surface area contributed by atoms with Gasteiger partial charge >= 0.3 is 0 Å². The van der Waals surface area contributed by atoms with Crippen molar-refractivity contribution in [2.24, 2.45) is 0 Å². The van der Waals surface area contributed by atoms with Gasteiger partial charge in [-0.3, -0.25) is 0 Å². The molecule has 0 unspecified atom stereocenters. The molecule has 5 heteroatoms. The fraction of sp³-hybridized carbons (Fsp3) is 0.600. The number of hydrogen-bond donors (Lipinski definition) is 1. The lowest BCUT2D eigenvalue weighted by Gasteiger charge is -2.36. The first-order valence-corrected chi connectivity index (χ1v) is 7.27. The third-order valence-corrected chi connectivity index (χ3v) is 4.30. The maximum absolute atomic E-state index is 5.75. The molecule has 1 saturated carbocycles. The van der Waals surface area contributed by atoms with Crippen LogP contribution < -0.4 is 14.8 Å². The quantitative estimate of drug-likeness (QED) is 0.900. The first kappa shape index (κ1) is 12.3. The zero-order valence-corrected chi connectivity index (χ0v) is 11.4. The summed E-state index contributed by atoms with van der Waals surface area (Å²) in [7, 11) is 0. The Labute approximate surface area is 118 Å². The van der Waals surface area contributed by atoms with Crippen LogP contribution in [0, 0.1) is 0 Å². The van der Waals surface area contributed by atoms with Crippen molar-refractivity contribution in [1.82, 2.24) is 0 Å². The molecule has 2 heterocycles. The summed E-state index contributed by atoms with van der Waals surface area (Å²) in [6, 6.07) is 6.47. The molecule has 1 aromatic carbocycles. The van der Waals surface area contributed by atoms with Crippen LogP contribution in [-0.4, -0.2) is 31.8 Å². The van der Waals surface area contributed by atoms with E-state index in [1.165, 1.54) is 0 Å². The highest BCUT2D eigenvalue weighted by Crippen LogP contribution is 2.38. The van der Waals surface area contributed by atoms with Crippen molar-refractivity contribution in [1.29, 1.82) is 0 Å². The number of nitrogens with one attached hydrogen (secondary N) is 1. The normalized spacial score (nSPS) is 24.2. The SMILES string of the molecule is c1cc2c(cc1NC1CCC3(CC1)OCCO3)OCO2. The Morgan fingerprint density at radius 2 is 1.75 bits per heavy atom. The molecule has 0 radical (unpaired) electrons. The fourth-order valence-corrected chi connectivity index (χ4v) is 3.21. The zero-order valence-electron chi connectivity index (χ0n) is 11.4. The molecule has 1 spiro atoms. The third-order valence-electron chi connectivity index (χ3n) is 4.30. The molecule has 0 bridgehead atoms. The van der Waals surface area contributed by atoms with Gasteiger partial charge in [-0.2, -0.15) is 0 Å². The van der Waals surface area contributed by atoms with Crippen LogP contribution in [0.5, 0.6) is 11.5 Å². The Bertz CT molecular complexity index is 489. The largest absolute Gasteiger partial charge is 0.454 e. The lowest BCUT2D eigenvalue weighted by Crippen LogP contribution is -2.39. The summed E-state index contributed by atoms with van der Waals surface area (Å²) in [4.78, 5) is 0. The molecular formula is C15H19NO4. The first-order valence-electron chi connectivity index (χ1n) is 7.27. The Hall–Kier alpha value is -1.46. The first-order chi connectivity index (χ1) is 9.83. The fourth-order valence-electron chi connectivity index (χ4n) is 3.21. The minimum atomic E-state index is -0.285. The standard InChI is InChI=1S/C15H19NO4/c1-2-13-14(18-10-17-13)9-12(1)16-11-3-5-15(6-4-11)19-7-8-20-15/h1-2,9,11,16H,3-8,10H2. The van der Waals surface area contributed by atoms with Crippen LogP contribution in [-0.2, 0) is 9.47 Å². The van der Waals surface area contributed by atoms with Crippen LogP contribution in [0.2, 0.25) is 0 Å². The molecule has 4 rings (SSSR count). The van der Waals surface area contributed by atoms with Gasteiger partial charge in [0.15, 0.2) is 17.3 Å². The molecule has 5 nitrogen and oxygen atoms in total. The van der Waals surface area contributed by atoms with Gasteiger partial charge in [0.1, 0.15) is 0 Å². The van der Waals surface area contributed by atoms with E-state index in [0.717, 1.165) is 56.1 Å². The van der Waals surface area contributed by atoms with E-state index >= 15 is 0 Å². The monoisotopic (exact) mass is 277 g/mol. The minimum Gasteiger partial charge on any atom is -0.454 e. The molecule has 20 heavy (non-hydrogen) atoms. The molecule has 1 aliphatic carbocycles. The van der Waals surface area contributed by atoms with E-state index in [1.807, 2.05) is 18.2 Å². The van der Waals surface area contributed by atoms with E-state index in [0.29, 0.717) is 12.8 Å². The van der Waals surface area contributed by atoms with Crippen molar-refractivity contribution in [3.8, 4) is 11.5 Å². The predicted octanol–water partition coefficient (Wildman–Crippen LogP) is 2.51. The van der Waals surface area contributed by atoms with E-state index in [9.17, 15) is 0 Å². The van der Waals surface area contributed by atoms with Crippen LogP contribution in [0.1, 0.15) is 25.7 Å². The molecular weight excluding hydrogens is 258 g/mol. The number of fused-ring (bicyclic) bond motifs is 1. The molecule has 1 N–H and O–H groups in total. The van der Waals surface area contributed by atoms with E-state index in [2.05, 4.69) is 5.32 Å². The number of benzene rings is 1. The Morgan fingerprint density at radius 3 is 2.55 bits per heavy atom. The van der Waals surface area contributed by atoms with Gasteiger partial charge in [0.05, 0.1) is 13.2 Å². The minimum absolute atomic E-state index is 0.285. The van der Waals surface area contributed by atoms with Crippen LogP contribution in [0.3, 0.4) is 0 Å². The van der Waals surface area contributed by atoms with Crippen LogP contribution in [0.4, 0.5) is 5.69 Å². The van der Waals surface area contributed by atoms with Gasteiger partial charge in [0.25, 0.3) is 0 Å². The Balaban J connectivity index is 1.38. The predicted molar refractivity (Wildman–Crippen MR) is 73.1 cm³/mol. The summed E-state index contributed by atoms with van der Waals surface area (Å²) in [6.07, 6.45) is 4.06. The van der Waals surface area contributed by atoms with Crippen LogP contribution >= 0.6 is 0 Å². The Kier molecular flexibility index (Phi) is 2.97. The molecule has 2 fully saturated rings. The molecule has 0 atom stereocenters. The van der Waals surface area contributed by atoms with Gasteiger partial charge in [-0.05, 0) is 25.0 Å². The van der Waals surface area contributed by atoms with Crippen molar-refractivity contribution < 1.29 is 18.9 Å². The number of anilines is 1. The molecule has 108 valence electrons. The van der Waals surface area contributed by atoms with Crippen molar-refractivity contribution >= 4 is 5.69 Å². The van der Waals surface area contributed by atoms with Crippen molar-refractivity contribution in [2.75, 3.05) is 25.3 Å². The van der Waals surface area contributed by atoms with Gasteiger partial charge in [0, 0.05) is 30.6 Å². The molecule has 0 amide bonds. The molecule has 1 aromatic rings. The van der Waals surface area contributed by atoms with Gasteiger partial charge in [-0.1, -0.05) is 0 Å². The summed E-state index contributed by atoms with van der Waals surface area (Å²) in [5.41, 5.74) is 1.09. The zero-order chi connectivity index (χ0) is 13.4. The number of hydrogen-bond acceptors (Lipinski definition) is 5. The van der Waals surface area contributed by atoms with Gasteiger partial charge in [0.2, 0.25) is 6.79 Å². The van der Waals surface area contributed by atoms with E-state index in [4.69, 9.17) is 18.9 Å². The van der Waals surface area contributed by atoms with Gasteiger partial charge in [-0.25, -0.2) is 0 Å². The smallest absolute Gasteiger partial charge is 0.231 e.